The standard InChI is InChI=1S/C17H16N2O4/c1-11(20)13-4-8-15(9-5-13)19-17(23)18-14-6-2-12(3-7-14)10-16(21)22/h2-9H,10H2,1H3,(H,21,22)(H2,18,19,23). The van der Waals surface area contributed by atoms with Crippen LogP contribution in [0.15, 0.2) is 48.5 Å². The number of carboxylic acids is 1. The van der Waals surface area contributed by atoms with Crippen molar-refractivity contribution in [2.75, 3.05) is 10.6 Å². The fraction of sp³-hybridized carbons (Fsp3) is 0.118. The molecule has 0 radical (unpaired) electrons. The molecular formula is C17H16N2O4. The zero-order chi connectivity index (χ0) is 16.8. The third-order valence-corrected chi connectivity index (χ3v) is 3.12. The lowest BCUT2D eigenvalue weighted by Gasteiger charge is -2.08. The number of aliphatic carboxylic acids is 1. The van der Waals surface area contributed by atoms with Gasteiger partial charge in [-0.25, -0.2) is 4.79 Å². The zero-order valence-electron chi connectivity index (χ0n) is 12.5. The van der Waals surface area contributed by atoms with Crippen LogP contribution in [0, 0.1) is 0 Å². The minimum Gasteiger partial charge on any atom is -0.481 e. The van der Waals surface area contributed by atoms with E-state index in [0.717, 1.165) is 0 Å². The van der Waals surface area contributed by atoms with Gasteiger partial charge in [0.25, 0.3) is 0 Å². The lowest BCUT2D eigenvalue weighted by atomic mass is 10.1. The molecule has 0 heterocycles. The Balaban J connectivity index is 1.93. The number of rotatable bonds is 5. The Morgan fingerprint density at radius 2 is 1.35 bits per heavy atom. The molecule has 0 fully saturated rings. The second-order valence-corrected chi connectivity index (χ2v) is 4.98. The number of Topliss-reactive ketones (excluding diaryl/α,β-unsaturated/α-hetero) is 1. The van der Waals surface area contributed by atoms with Gasteiger partial charge in [0, 0.05) is 16.9 Å². The summed E-state index contributed by atoms with van der Waals surface area (Å²) < 4.78 is 0. The van der Waals surface area contributed by atoms with Crippen LogP contribution in [0.2, 0.25) is 0 Å². The van der Waals surface area contributed by atoms with Crippen molar-refractivity contribution in [1.29, 1.82) is 0 Å². The Morgan fingerprint density at radius 3 is 1.78 bits per heavy atom. The molecule has 6 heteroatoms. The number of hydrogen-bond acceptors (Lipinski definition) is 3. The molecule has 0 unspecified atom stereocenters. The van der Waals surface area contributed by atoms with Crippen LogP contribution in [-0.2, 0) is 11.2 Å². The van der Waals surface area contributed by atoms with Gasteiger partial charge in [-0.2, -0.15) is 0 Å². The summed E-state index contributed by atoms with van der Waals surface area (Å²) in [5.74, 6) is -0.945. The van der Waals surface area contributed by atoms with Crippen LogP contribution in [0.4, 0.5) is 16.2 Å². The SMILES string of the molecule is CC(=O)c1ccc(NC(=O)Nc2ccc(CC(=O)O)cc2)cc1. The van der Waals surface area contributed by atoms with Crippen molar-refractivity contribution < 1.29 is 19.5 Å². The van der Waals surface area contributed by atoms with Crippen molar-refractivity contribution in [1.82, 2.24) is 0 Å². The topological polar surface area (TPSA) is 95.5 Å². The Hall–Kier alpha value is -3.15. The first kappa shape index (κ1) is 16.2. The van der Waals surface area contributed by atoms with Gasteiger partial charge in [0.05, 0.1) is 6.42 Å². The third-order valence-electron chi connectivity index (χ3n) is 3.12. The summed E-state index contributed by atoms with van der Waals surface area (Å²) in [5.41, 5.74) is 2.35. The van der Waals surface area contributed by atoms with E-state index in [2.05, 4.69) is 10.6 Å². The van der Waals surface area contributed by atoms with E-state index in [9.17, 15) is 14.4 Å². The van der Waals surface area contributed by atoms with E-state index in [1.807, 2.05) is 0 Å². The first-order valence-corrected chi connectivity index (χ1v) is 6.94. The number of ketones is 1. The van der Waals surface area contributed by atoms with Crippen molar-refractivity contribution in [3.05, 3.63) is 59.7 Å². The van der Waals surface area contributed by atoms with Gasteiger partial charge in [0.2, 0.25) is 0 Å². The fourth-order valence-corrected chi connectivity index (χ4v) is 1.96. The Labute approximate surface area is 133 Å². The number of anilines is 2. The van der Waals surface area contributed by atoms with Gasteiger partial charge in [-0.3, -0.25) is 9.59 Å². The molecule has 2 rings (SSSR count). The van der Waals surface area contributed by atoms with Crippen LogP contribution in [0.3, 0.4) is 0 Å². The summed E-state index contributed by atoms with van der Waals surface area (Å²) in [6.45, 7) is 1.48. The molecule has 2 aromatic rings. The van der Waals surface area contributed by atoms with Crippen LogP contribution >= 0.6 is 0 Å². The van der Waals surface area contributed by atoms with Crippen molar-refractivity contribution in [2.45, 2.75) is 13.3 Å². The Bertz CT molecular complexity index is 721. The molecule has 0 aliphatic heterocycles. The van der Waals surface area contributed by atoms with Gasteiger partial charge < -0.3 is 15.7 Å². The second-order valence-electron chi connectivity index (χ2n) is 4.98. The summed E-state index contributed by atoms with van der Waals surface area (Å²) in [5, 5.41) is 14.0. The second kappa shape index (κ2) is 7.22. The smallest absolute Gasteiger partial charge is 0.323 e. The van der Waals surface area contributed by atoms with Gasteiger partial charge in [-0.05, 0) is 48.9 Å². The number of carbonyl (C=O) groups excluding carboxylic acids is 2. The number of urea groups is 1. The predicted octanol–water partition coefficient (Wildman–Crippen LogP) is 3.16. The molecule has 0 saturated heterocycles. The van der Waals surface area contributed by atoms with Gasteiger partial charge in [0.15, 0.2) is 5.78 Å². The van der Waals surface area contributed by atoms with Crippen LogP contribution in [0.25, 0.3) is 0 Å². The predicted molar refractivity (Wildman–Crippen MR) is 86.9 cm³/mol. The lowest BCUT2D eigenvalue weighted by molar-refractivity contribution is -0.136. The van der Waals surface area contributed by atoms with Crippen molar-refractivity contribution in [3.63, 3.8) is 0 Å². The largest absolute Gasteiger partial charge is 0.481 e. The van der Waals surface area contributed by atoms with Crippen molar-refractivity contribution >= 4 is 29.2 Å². The van der Waals surface area contributed by atoms with E-state index in [-0.39, 0.29) is 12.2 Å². The van der Waals surface area contributed by atoms with Gasteiger partial charge >= 0.3 is 12.0 Å². The molecule has 0 aliphatic carbocycles. The van der Waals surface area contributed by atoms with E-state index in [4.69, 9.17) is 5.11 Å². The van der Waals surface area contributed by atoms with Crippen LogP contribution in [0.1, 0.15) is 22.8 Å². The monoisotopic (exact) mass is 312 g/mol. The minimum atomic E-state index is -0.905. The van der Waals surface area contributed by atoms with Crippen molar-refractivity contribution in [3.8, 4) is 0 Å². The average Bonchev–Trinajstić information content (AvgIpc) is 2.49. The number of carboxylic acid groups (broad SMARTS) is 1. The number of carbonyl (C=O) groups is 3. The zero-order valence-corrected chi connectivity index (χ0v) is 12.5. The Kier molecular flexibility index (Phi) is 5.09. The maximum atomic E-state index is 11.9. The quantitative estimate of drug-likeness (QED) is 0.739. The van der Waals surface area contributed by atoms with Crippen LogP contribution < -0.4 is 10.6 Å². The van der Waals surface area contributed by atoms with E-state index in [1.165, 1.54) is 6.92 Å². The first-order chi connectivity index (χ1) is 10.9. The number of nitrogens with one attached hydrogen (secondary N) is 2. The van der Waals surface area contributed by atoms with Gasteiger partial charge in [-0.1, -0.05) is 12.1 Å². The molecule has 2 aromatic carbocycles. The molecule has 0 aliphatic rings. The molecular weight excluding hydrogens is 296 g/mol. The third kappa shape index (κ3) is 4.96. The molecule has 6 nitrogen and oxygen atoms in total. The Morgan fingerprint density at radius 1 is 0.870 bits per heavy atom. The molecule has 23 heavy (non-hydrogen) atoms. The molecule has 0 spiro atoms. The molecule has 2 amide bonds. The highest BCUT2D eigenvalue weighted by Crippen LogP contribution is 2.13. The van der Waals surface area contributed by atoms with Gasteiger partial charge in [-0.15, -0.1) is 0 Å². The summed E-state index contributed by atoms with van der Waals surface area (Å²) in [4.78, 5) is 33.7. The lowest BCUT2D eigenvalue weighted by Crippen LogP contribution is -2.19. The highest BCUT2D eigenvalue weighted by atomic mass is 16.4. The summed E-state index contributed by atoms with van der Waals surface area (Å²) in [6, 6.07) is 12.7. The van der Waals surface area contributed by atoms with E-state index in [0.29, 0.717) is 22.5 Å². The molecule has 118 valence electrons. The van der Waals surface area contributed by atoms with Crippen LogP contribution in [0.5, 0.6) is 0 Å². The molecule has 0 aromatic heterocycles. The van der Waals surface area contributed by atoms with E-state index in [1.54, 1.807) is 48.5 Å². The fourth-order valence-electron chi connectivity index (χ4n) is 1.96. The van der Waals surface area contributed by atoms with E-state index >= 15 is 0 Å². The summed E-state index contributed by atoms with van der Waals surface area (Å²) in [7, 11) is 0. The average molecular weight is 312 g/mol. The highest BCUT2D eigenvalue weighted by molar-refractivity contribution is 6.00. The molecule has 0 bridgehead atoms. The summed E-state index contributed by atoms with van der Waals surface area (Å²) >= 11 is 0. The summed E-state index contributed by atoms with van der Waals surface area (Å²) in [6.07, 6.45) is -0.0605. The van der Waals surface area contributed by atoms with Gasteiger partial charge in [0.1, 0.15) is 0 Å². The minimum absolute atomic E-state index is 0.0394. The maximum absolute atomic E-state index is 11.9. The number of benzene rings is 2. The molecule has 0 saturated carbocycles. The number of hydrogen-bond donors (Lipinski definition) is 3. The normalized spacial score (nSPS) is 9.96. The number of amides is 2. The molecule has 3 N–H and O–H groups in total. The first-order valence-electron chi connectivity index (χ1n) is 6.94. The van der Waals surface area contributed by atoms with Crippen LogP contribution in [-0.4, -0.2) is 22.9 Å². The van der Waals surface area contributed by atoms with Crippen molar-refractivity contribution in [2.24, 2.45) is 0 Å². The van der Waals surface area contributed by atoms with E-state index < -0.39 is 12.0 Å². The maximum Gasteiger partial charge on any atom is 0.323 e. The highest BCUT2D eigenvalue weighted by Gasteiger charge is 2.05. The molecule has 0 atom stereocenters.